The van der Waals surface area contributed by atoms with Crippen LogP contribution in [0.25, 0.3) is 0 Å². The molecule has 2 atom stereocenters. The van der Waals surface area contributed by atoms with E-state index in [0.717, 1.165) is 25.9 Å². The van der Waals surface area contributed by atoms with Crippen molar-refractivity contribution in [2.45, 2.75) is 31.8 Å². The van der Waals surface area contributed by atoms with Crippen LogP contribution < -0.4 is 15.2 Å². The molecule has 7 nitrogen and oxygen atoms in total. The van der Waals surface area contributed by atoms with Gasteiger partial charge in [0.1, 0.15) is 13.2 Å². The average molecular weight is 334 g/mol. The fourth-order valence-electron chi connectivity index (χ4n) is 2.94. The maximum Gasteiger partial charge on any atom is 0.257 e. The zero-order valence-corrected chi connectivity index (χ0v) is 14.6. The molecule has 2 saturated heterocycles. The molecule has 0 spiro atoms. The molecular weight excluding hydrogens is 308 g/mol. The largest absolute Gasteiger partial charge is 0.486 e. The molecule has 2 N–H and O–H groups in total. The number of aryl methyl sites for hydroxylation is 1. The van der Waals surface area contributed by atoms with E-state index in [1.165, 1.54) is 0 Å². The molecule has 2 aliphatic heterocycles. The van der Waals surface area contributed by atoms with Crippen molar-refractivity contribution in [1.82, 2.24) is 14.8 Å². The van der Waals surface area contributed by atoms with Gasteiger partial charge in [0.05, 0.1) is 11.3 Å². The first-order chi connectivity index (χ1) is 11.5. The predicted octanol–water partition coefficient (Wildman–Crippen LogP) is 0.655. The van der Waals surface area contributed by atoms with E-state index in [-0.39, 0.29) is 0 Å². The third-order valence-electron chi connectivity index (χ3n) is 5.13. The third kappa shape index (κ3) is 3.47. The highest BCUT2D eigenvalue weighted by atomic mass is 16.5. The van der Waals surface area contributed by atoms with Crippen LogP contribution in [0.2, 0.25) is 0 Å². The Morgan fingerprint density at radius 3 is 2.25 bits per heavy atom. The van der Waals surface area contributed by atoms with E-state index in [0.29, 0.717) is 48.2 Å². The fourth-order valence-corrected chi connectivity index (χ4v) is 2.94. The van der Waals surface area contributed by atoms with E-state index < -0.39 is 5.91 Å². The Bertz CT molecular complexity index is 622. The Kier molecular flexibility index (Phi) is 4.91. The van der Waals surface area contributed by atoms with Crippen LogP contribution in [-0.4, -0.2) is 73.2 Å². The molecule has 0 unspecified atom stereocenters. The maximum atomic E-state index is 11.6. The molecule has 7 heteroatoms. The Hall–Kier alpha value is -1.86. The molecule has 2 fully saturated rings. The van der Waals surface area contributed by atoms with Crippen molar-refractivity contribution in [3.63, 3.8) is 0 Å². The molecular formula is C17H26N4O3. The summed E-state index contributed by atoms with van der Waals surface area (Å²) in [5, 5.41) is 0. The lowest BCUT2D eigenvalue weighted by atomic mass is 10.1. The number of hydrogen-bond donors (Lipinski definition) is 1. The number of aromatic nitrogens is 1. The van der Waals surface area contributed by atoms with E-state index in [1.54, 1.807) is 13.0 Å². The lowest BCUT2D eigenvalue weighted by Crippen LogP contribution is -2.48. The van der Waals surface area contributed by atoms with Gasteiger partial charge in [0.25, 0.3) is 11.8 Å². The summed E-state index contributed by atoms with van der Waals surface area (Å²) in [6.45, 7) is 5.06. The predicted molar refractivity (Wildman–Crippen MR) is 90.6 cm³/mol. The SMILES string of the molecule is Cc1nc(OC[C@H]2CCN2C)c(OC[C@H]2CCN2C)cc1C(N)=O. The number of amides is 1. The second-order valence-electron chi connectivity index (χ2n) is 6.76. The molecule has 0 radical (unpaired) electrons. The number of rotatable bonds is 7. The van der Waals surface area contributed by atoms with Crippen LogP contribution in [0.1, 0.15) is 28.9 Å². The Balaban J connectivity index is 1.73. The number of carbonyl (C=O) groups excluding carboxylic acids is 1. The van der Waals surface area contributed by atoms with E-state index in [9.17, 15) is 4.79 Å². The maximum absolute atomic E-state index is 11.6. The molecule has 2 aliphatic rings. The van der Waals surface area contributed by atoms with Gasteiger partial charge in [-0.15, -0.1) is 0 Å². The zero-order chi connectivity index (χ0) is 17.3. The second kappa shape index (κ2) is 6.94. The molecule has 0 bridgehead atoms. The van der Waals surface area contributed by atoms with Crippen molar-refractivity contribution in [1.29, 1.82) is 0 Å². The first kappa shape index (κ1) is 17.0. The van der Waals surface area contributed by atoms with Crippen molar-refractivity contribution in [2.75, 3.05) is 40.4 Å². The number of ether oxygens (including phenoxy) is 2. The molecule has 0 saturated carbocycles. The van der Waals surface area contributed by atoms with Crippen LogP contribution in [0.3, 0.4) is 0 Å². The van der Waals surface area contributed by atoms with Gasteiger partial charge < -0.3 is 15.2 Å². The van der Waals surface area contributed by atoms with Gasteiger partial charge >= 0.3 is 0 Å². The topological polar surface area (TPSA) is 80.9 Å². The van der Waals surface area contributed by atoms with E-state index in [4.69, 9.17) is 15.2 Å². The van der Waals surface area contributed by atoms with Gasteiger partial charge in [-0.25, -0.2) is 4.98 Å². The lowest BCUT2D eigenvalue weighted by molar-refractivity contribution is 0.0645. The molecule has 0 aliphatic carbocycles. The first-order valence-electron chi connectivity index (χ1n) is 8.43. The third-order valence-corrected chi connectivity index (χ3v) is 5.13. The standard InChI is InChI=1S/C17H26N4O3/c1-11-14(16(18)22)8-15(23-9-12-4-6-20(12)2)17(19-11)24-10-13-5-7-21(13)3/h8,12-13H,4-7,9-10H2,1-3H3,(H2,18,22)/t12-,13-/m1/s1. The van der Waals surface area contributed by atoms with Gasteiger partial charge in [-0.05, 0) is 47.0 Å². The normalized spacial score (nSPS) is 24.1. The Morgan fingerprint density at radius 1 is 1.21 bits per heavy atom. The molecule has 3 heterocycles. The summed E-state index contributed by atoms with van der Waals surface area (Å²) in [6, 6.07) is 2.46. The lowest BCUT2D eigenvalue weighted by Gasteiger charge is -2.38. The van der Waals surface area contributed by atoms with E-state index >= 15 is 0 Å². The molecule has 1 aromatic heterocycles. The summed E-state index contributed by atoms with van der Waals surface area (Å²) in [5.41, 5.74) is 6.37. The van der Waals surface area contributed by atoms with Crippen molar-refractivity contribution >= 4 is 5.91 Å². The van der Waals surface area contributed by atoms with Gasteiger partial charge in [0.2, 0.25) is 0 Å². The molecule has 3 rings (SSSR count). The van der Waals surface area contributed by atoms with E-state index in [1.807, 2.05) is 0 Å². The number of primary amides is 1. The van der Waals surface area contributed by atoms with Crippen LogP contribution in [-0.2, 0) is 0 Å². The first-order valence-corrected chi connectivity index (χ1v) is 8.43. The van der Waals surface area contributed by atoms with Gasteiger partial charge in [0.15, 0.2) is 5.75 Å². The monoisotopic (exact) mass is 334 g/mol. The van der Waals surface area contributed by atoms with Crippen molar-refractivity contribution < 1.29 is 14.3 Å². The van der Waals surface area contributed by atoms with Gasteiger partial charge in [0, 0.05) is 18.2 Å². The number of pyridine rings is 1. The van der Waals surface area contributed by atoms with Gasteiger partial charge in [-0.2, -0.15) is 0 Å². The summed E-state index contributed by atoms with van der Waals surface area (Å²) in [6.07, 6.45) is 2.24. The van der Waals surface area contributed by atoms with Crippen LogP contribution in [0.4, 0.5) is 0 Å². The number of nitrogens with zero attached hydrogens (tertiary/aromatic N) is 3. The summed E-state index contributed by atoms with van der Waals surface area (Å²) >= 11 is 0. The van der Waals surface area contributed by atoms with Gasteiger partial charge in [-0.1, -0.05) is 0 Å². The second-order valence-corrected chi connectivity index (χ2v) is 6.76. The average Bonchev–Trinajstić information content (AvgIpc) is 2.53. The summed E-state index contributed by atoms with van der Waals surface area (Å²) < 4.78 is 11.8. The summed E-state index contributed by atoms with van der Waals surface area (Å²) in [4.78, 5) is 20.5. The molecule has 1 amide bonds. The summed E-state index contributed by atoms with van der Waals surface area (Å²) in [5.74, 6) is 0.437. The number of likely N-dealkylation sites (N-methyl/N-ethyl adjacent to an activating group) is 2. The number of carbonyl (C=O) groups is 1. The van der Waals surface area contributed by atoms with Crippen molar-refractivity contribution in [3.8, 4) is 11.6 Å². The molecule has 24 heavy (non-hydrogen) atoms. The van der Waals surface area contributed by atoms with Gasteiger partial charge in [-0.3, -0.25) is 14.6 Å². The zero-order valence-electron chi connectivity index (χ0n) is 14.6. The van der Waals surface area contributed by atoms with Crippen LogP contribution in [0, 0.1) is 6.92 Å². The smallest absolute Gasteiger partial charge is 0.257 e. The number of nitrogens with two attached hydrogens (primary N) is 1. The molecule has 0 aromatic carbocycles. The minimum Gasteiger partial charge on any atom is -0.486 e. The number of hydrogen-bond acceptors (Lipinski definition) is 6. The Morgan fingerprint density at radius 2 is 1.79 bits per heavy atom. The highest BCUT2D eigenvalue weighted by Gasteiger charge is 2.27. The van der Waals surface area contributed by atoms with Crippen molar-refractivity contribution in [2.24, 2.45) is 5.73 Å². The quantitative estimate of drug-likeness (QED) is 0.789. The molecule has 1 aromatic rings. The fraction of sp³-hybridized carbons (Fsp3) is 0.647. The Labute approximate surface area is 142 Å². The van der Waals surface area contributed by atoms with Crippen LogP contribution >= 0.6 is 0 Å². The highest BCUT2D eigenvalue weighted by Crippen LogP contribution is 2.29. The minimum atomic E-state index is -0.504. The van der Waals surface area contributed by atoms with Crippen molar-refractivity contribution in [3.05, 3.63) is 17.3 Å². The minimum absolute atomic E-state index is 0.375. The molecule has 132 valence electrons. The summed E-state index contributed by atoms with van der Waals surface area (Å²) in [7, 11) is 4.15. The van der Waals surface area contributed by atoms with Crippen LogP contribution in [0.15, 0.2) is 6.07 Å². The number of likely N-dealkylation sites (tertiary alicyclic amines) is 2. The van der Waals surface area contributed by atoms with Crippen LogP contribution in [0.5, 0.6) is 11.6 Å². The highest BCUT2D eigenvalue weighted by molar-refractivity contribution is 5.94. The van der Waals surface area contributed by atoms with E-state index in [2.05, 4.69) is 28.9 Å².